The number of allylic oxidation sites excluding steroid dienone is 1. The first-order valence-electron chi connectivity index (χ1n) is 16.9. The molecule has 7 rings (SSSR count). The van der Waals surface area contributed by atoms with Gasteiger partial charge in [-0.1, -0.05) is 147 Å². The molecule has 0 atom stereocenters. The van der Waals surface area contributed by atoms with Crippen molar-refractivity contribution in [3.05, 3.63) is 197 Å². The lowest BCUT2D eigenvalue weighted by Crippen LogP contribution is -2.25. The Labute approximate surface area is 294 Å². The van der Waals surface area contributed by atoms with E-state index >= 15 is 0 Å². The van der Waals surface area contributed by atoms with E-state index in [-0.39, 0.29) is 0 Å². The molecule has 7 aromatic rings. The maximum atomic E-state index is 5.20. The summed E-state index contributed by atoms with van der Waals surface area (Å²) < 4.78 is 0. The van der Waals surface area contributed by atoms with E-state index in [4.69, 9.17) is 4.99 Å². The van der Waals surface area contributed by atoms with E-state index < -0.39 is 0 Å². The van der Waals surface area contributed by atoms with Gasteiger partial charge >= 0.3 is 0 Å². The number of aromatic nitrogens is 1. The molecule has 2 nitrogen and oxygen atoms in total. The van der Waals surface area contributed by atoms with Gasteiger partial charge in [-0.2, -0.15) is 0 Å². The fourth-order valence-corrected chi connectivity index (χ4v) is 6.61. The van der Waals surface area contributed by atoms with Gasteiger partial charge in [0.25, 0.3) is 0 Å². The Kier molecular flexibility index (Phi) is 9.26. The molecule has 0 unspecified atom stereocenters. The lowest BCUT2D eigenvalue weighted by Gasteiger charge is -2.16. The lowest BCUT2D eigenvalue weighted by atomic mass is 9.88. The highest BCUT2D eigenvalue weighted by molar-refractivity contribution is 6.02. The predicted molar refractivity (Wildman–Crippen MR) is 215 cm³/mol. The first kappa shape index (κ1) is 32.2. The van der Waals surface area contributed by atoms with E-state index in [2.05, 4.69) is 147 Å². The average molecular weight is 643 g/mol. The molecule has 0 aliphatic rings. The second kappa shape index (κ2) is 14.4. The maximum Gasteiger partial charge on any atom is 0.0783 e. The van der Waals surface area contributed by atoms with Crippen molar-refractivity contribution in [2.75, 3.05) is 0 Å². The number of fused-ring (bicyclic) bond motifs is 1. The summed E-state index contributed by atoms with van der Waals surface area (Å²) in [5.41, 5.74) is 13.1. The quantitative estimate of drug-likeness (QED) is 0.151. The Balaban J connectivity index is 1.41. The van der Waals surface area contributed by atoms with E-state index in [0.717, 1.165) is 77.3 Å². The molecular formula is C48H38N2. The van der Waals surface area contributed by atoms with Gasteiger partial charge in [-0.25, -0.2) is 0 Å². The number of rotatable bonds is 8. The summed E-state index contributed by atoms with van der Waals surface area (Å²) in [5, 5.41) is 4.25. The van der Waals surface area contributed by atoms with Crippen LogP contribution in [0.25, 0.3) is 68.6 Å². The Morgan fingerprint density at radius 1 is 0.660 bits per heavy atom. The van der Waals surface area contributed by atoms with Gasteiger partial charge in [0.1, 0.15) is 0 Å². The number of nitrogens with zero attached hydrogens (tertiary/aromatic N) is 2. The molecule has 6 aromatic carbocycles. The third kappa shape index (κ3) is 6.52. The zero-order chi connectivity index (χ0) is 34.5. The zero-order valence-corrected chi connectivity index (χ0v) is 28.5. The Morgan fingerprint density at radius 3 is 2.12 bits per heavy atom. The van der Waals surface area contributed by atoms with Crippen LogP contribution in [0.15, 0.2) is 170 Å². The summed E-state index contributed by atoms with van der Waals surface area (Å²) >= 11 is 0. The van der Waals surface area contributed by atoms with Crippen molar-refractivity contribution in [1.82, 2.24) is 4.98 Å². The van der Waals surface area contributed by atoms with Crippen molar-refractivity contribution in [2.45, 2.75) is 13.8 Å². The third-order valence-corrected chi connectivity index (χ3v) is 9.16. The van der Waals surface area contributed by atoms with E-state index in [0.29, 0.717) is 0 Å². The lowest BCUT2D eigenvalue weighted by molar-refractivity contribution is 1.36. The second-order valence-corrected chi connectivity index (χ2v) is 12.4. The van der Waals surface area contributed by atoms with Crippen LogP contribution >= 0.6 is 0 Å². The molecule has 0 N–H and O–H groups in total. The number of hydrogen-bond acceptors (Lipinski definition) is 2. The SMILES string of the molecule is C=Cc1cccc(-c2cc(-c3ccc(/C(N=C(C)c4ccccc4)=c4\ccccc4=C)cc3)cc(-c3cccc4cnccc34)c2)c1/C=C\C. The van der Waals surface area contributed by atoms with Crippen LogP contribution in [0.3, 0.4) is 0 Å². The minimum Gasteiger partial charge on any atom is -0.264 e. The standard InChI is InChI=1S/C48H38N2/c1-5-14-44-35(6-2)18-12-21-45(44)41-29-40(30-42(31-41)46-22-13-19-39-32-49-28-27-47(39)46)37-23-25-38(26-24-37)48(43-20-11-10-15-33(43)3)50-34(4)36-16-8-7-9-17-36/h5-32H,2-3H2,1,4H3/b14-5-,48-43-,50-34?. The molecule has 1 heterocycles. The number of benzene rings is 6. The summed E-state index contributed by atoms with van der Waals surface area (Å²) in [4.78, 5) is 9.59. The predicted octanol–water partition coefficient (Wildman–Crippen LogP) is 11.0. The largest absolute Gasteiger partial charge is 0.264 e. The molecule has 0 aliphatic carbocycles. The van der Waals surface area contributed by atoms with Crippen molar-refractivity contribution in [1.29, 1.82) is 0 Å². The summed E-state index contributed by atoms with van der Waals surface area (Å²) in [6.45, 7) is 12.6. The highest BCUT2D eigenvalue weighted by Gasteiger charge is 2.14. The van der Waals surface area contributed by atoms with Crippen LogP contribution in [-0.2, 0) is 0 Å². The van der Waals surface area contributed by atoms with Crippen molar-refractivity contribution < 1.29 is 0 Å². The van der Waals surface area contributed by atoms with Crippen LogP contribution in [0.2, 0.25) is 0 Å². The molecule has 1 aromatic heterocycles. The summed E-state index contributed by atoms with van der Waals surface area (Å²) in [7, 11) is 0. The zero-order valence-electron chi connectivity index (χ0n) is 28.5. The number of aliphatic imine (C=N–C) groups is 1. The first-order chi connectivity index (χ1) is 24.5. The highest BCUT2D eigenvalue weighted by atomic mass is 14.8. The van der Waals surface area contributed by atoms with Gasteiger partial charge in [0, 0.05) is 34.3 Å². The van der Waals surface area contributed by atoms with Crippen molar-refractivity contribution in [2.24, 2.45) is 4.99 Å². The molecule has 0 fully saturated rings. The van der Waals surface area contributed by atoms with Crippen LogP contribution in [0.5, 0.6) is 0 Å². The molecule has 0 radical (unpaired) electrons. The van der Waals surface area contributed by atoms with Crippen LogP contribution < -0.4 is 10.4 Å². The van der Waals surface area contributed by atoms with Crippen molar-refractivity contribution in [3.63, 3.8) is 0 Å². The van der Waals surface area contributed by atoms with E-state index in [1.165, 1.54) is 10.9 Å². The summed E-state index contributed by atoms with van der Waals surface area (Å²) in [6.07, 6.45) is 9.99. The Morgan fingerprint density at radius 2 is 1.36 bits per heavy atom. The van der Waals surface area contributed by atoms with Crippen molar-refractivity contribution >= 4 is 40.9 Å². The Bertz CT molecular complexity index is 2510. The van der Waals surface area contributed by atoms with Crippen LogP contribution in [-0.4, -0.2) is 10.7 Å². The van der Waals surface area contributed by atoms with Gasteiger partial charge in [0.15, 0.2) is 0 Å². The number of hydrogen-bond donors (Lipinski definition) is 0. The average Bonchev–Trinajstić information content (AvgIpc) is 3.17. The van der Waals surface area contributed by atoms with Gasteiger partial charge in [0.05, 0.1) is 5.70 Å². The molecule has 240 valence electrons. The Hall–Kier alpha value is -6.38. The topological polar surface area (TPSA) is 25.2 Å². The molecule has 0 saturated heterocycles. The molecule has 0 aliphatic heterocycles. The fourth-order valence-electron chi connectivity index (χ4n) is 6.61. The fraction of sp³-hybridized carbons (Fsp3) is 0.0417. The molecule has 0 amide bonds. The number of pyridine rings is 1. The van der Waals surface area contributed by atoms with E-state index in [9.17, 15) is 0 Å². The van der Waals surface area contributed by atoms with E-state index in [1.54, 1.807) is 0 Å². The first-order valence-corrected chi connectivity index (χ1v) is 16.9. The van der Waals surface area contributed by atoms with Gasteiger partial charge in [-0.15, -0.1) is 0 Å². The monoisotopic (exact) mass is 642 g/mol. The minimum absolute atomic E-state index is 0.902. The molecule has 0 spiro atoms. The molecule has 0 bridgehead atoms. The van der Waals surface area contributed by atoms with Crippen molar-refractivity contribution in [3.8, 4) is 33.4 Å². The van der Waals surface area contributed by atoms with Gasteiger partial charge in [0.2, 0.25) is 0 Å². The van der Waals surface area contributed by atoms with Crippen LogP contribution in [0.4, 0.5) is 0 Å². The normalized spacial score (nSPS) is 12.3. The van der Waals surface area contributed by atoms with E-state index in [1.807, 2.05) is 54.9 Å². The third-order valence-electron chi connectivity index (χ3n) is 9.16. The van der Waals surface area contributed by atoms with Gasteiger partial charge < -0.3 is 0 Å². The van der Waals surface area contributed by atoms with Crippen LogP contribution in [0, 0.1) is 0 Å². The smallest absolute Gasteiger partial charge is 0.0783 e. The second-order valence-electron chi connectivity index (χ2n) is 12.4. The minimum atomic E-state index is 0.902. The van der Waals surface area contributed by atoms with Crippen LogP contribution in [0.1, 0.15) is 36.1 Å². The highest BCUT2D eigenvalue weighted by Crippen LogP contribution is 2.38. The molecule has 2 heteroatoms. The van der Waals surface area contributed by atoms with Gasteiger partial charge in [-0.3, -0.25) is 9.98 Å². The summed E-state index contributed by atoms with van der Waals surface area (Å²) in [6, 6.07) is 49.2. The summed E-state index contributed by atoms with van der Waals surface area (Å²) in [5.74, 6) is 0. The molecule has 0 saturated carbocycles. The maximum absolute atomic E-state index is 5.20. The molecular weight excluding hydrogens is 605 g/mol. The molecule has 50 heavy (non-hydrogen) atoms. The van der Waals surface area contributed by atoms with Gasteiger partial charge in [-0.05, 0) is 98.8 Å².